The molecule has 5 heteroatoms. The van der Waals surface area contributed by atoms with Gasteiger partial charge in [-0.2, -0.15) is 0 Å². The van der Waals surface area contributed by atoms with Gasteiger partial charge in [-0.15, -0.1) is 0 Å². The van der Waals surface area contributed by atoms with Crippen LogP contribution in [0, 0.1) is 0 Å². The number of benzene rings is 1. The first-order valence-electron chi connectivity index (χ1n) is 7.98. The molecule has 2 aliphatic rings. The predicted molar refractivity (Wildman–Crippen MR) is 85.0 cm³/mol. The maximum atomic E-state index is 10.9. The minimum Gasteiger partial charge on any atom is -0.485 e. The molecule has 1 saturated heterocycles. The van der Waals surface area contributed by atoms with E-state index in [1.807, 2.05) is 32.0 Å². The molecule has 1 aromatic carbocycles. The number of amides is 1. The summed E-state index contributed by atoms with van der Waals surface area (Å²) in [7, 11) is 0. The summed E-state index contributed by atoms with van der Waals surface area (Å²) in [5.74, 6) is 0.794. The number of aliphatic hydroxyl groups excluding tert-OH is 1. The van der Waals surface area contributed by atoms with Crippen molar-refractivity contribution in [3.8, 4) is 5.75 Å². The highest BCUT2D eigenvalue weighted by molar-refractivity contribution is 5.72. The van der Waals surface area contributed by atoms with Crippen LogP contribution in [-0.2, 0) is 4.79 Å². The highest BCUT2D eigenvalue weighted by Gasteiger charge is 2.45. The standard InChI is InChI=1S/C17H24N2O3/c1-17(2)16(21)15(19-8-4-3-5-9-19)13-10-12(18-11-20)6-7-14(13)22-17/h6-7,10-11,15-16,21H,3-5,8-9H2,1-2H3,(H,18,20). The van der Waals surface area contributed by atoms with Crippen LogP contribution in [0.15, 0.2) is 18.2 Å². The van der Waals surface area contributed by atoms with Gasteiger partial charge in [0.2, 0.25) is 6.41 Å². The Morgan fingerprint density at radius 2 is 2.05 bits per heavy atom. The van der Waals surface area contributed by atoms with Crippen LogP contribution >= 0.6 is 0 Å². The van der Waals surface area contributed by atoms with Gasteiger partial charge in [0, 0.05) is 11.3 Å². The predicted octanol–water partition coefficient (Wildman–Crippen LogP) is 2.31. The van der Waals surface area contributed by atoms with Crippen molar-refractivity contribution in [2.24, 2.45) is 0 Å². The number of hydrogen-bond donors (Lipinski definition) is 2. The van der Waals surface area contributed by atoms with Gasteiger partial charge in [0.25, 0.3) is 0 Å². The third-order valence-corrected chi connectivity index (χ3v) is 4.72. The smallest absolute Gasteiger partial charge is 0.211 e. The van der Waals surface area contributed by atoms with Crippen molar-refractivity contribution in [1.82, 2.24) is 4.90 Å². The maximum absolute atomic E-state index is 10.9. The molecule has 3 rings (SSSR count). The van der Waals surface area contributed by atoms with Crippen LogP contribution in [0.5, 0.6) is 5.75 Å². The lowest BCUT2D eigenvalue weighted by Crippen LogP contribution is -2.54. The number of hydrogen-bond acceptors (Lipinski definition) is 4. The molecule has 2 atom stereocenters. The van der Waals surface area contributed by atoms with Crippen molar-refractivity contribution in [2.45, 2.75) is 50.9 Å². The van der Waals surface area contributed by atoms with E-state index in [1.54, 1.807) is 0 Å². The van der Waals surface area contributed by atoms with Gasteiger partial charge in [0.05, 0.1) is 6.04 Å². The number of fused-ring (bicyclic) bond motifs is 1. The van der Waals surface area contributed by atoms with Crippen molar-refractivity contribution in [3.63, 3.8) is 0 Å². The summed E-state index contributed by atoms with van der Waals surface area (Å²) in [6, 6.07) is 5.54. The number of ether oxygens (including phenoxy) is 1. The van der Waals surface area contributed by atoms with Crippen LogP contribution in [-0.4, -0.2) is 41.2 Å². The first kappa shape index (κ1) is 15.3. The lowest BCUT2D eigenvalue weighted by molar-refractivity contribution is -0.105. The molecule has 0 spiro atoms. The molecule has 1 aromatic rings. The van der Waals surface area contributed by atoms with Gasteiger partial charge in [0.1, 0.15) is 17.5 Å². The second-order valence-electron chi connectivity index (χ2n) is 6.71. The normalized spacial score (nSPS) is 27.6. The molecule has 2 heterocycles. The number of rotatable bonds is 3. The van der Waals surface area contributed by atoms with Gasteiger partial charge in [0.15, 0.2) is 0 Å². The maximum Gasteiger partial charge on any atom is 0.211 e. The lowest BCUT2D eigenvalue weighted by Gasteiger charge is -2.47. The number of nitrogens with one attached hydrogen (secondary N) is 1. The zero-order valence-corrected chi connectivity index (χ0v) is 13.2. The lowest BCUT2D eigenvalue weighted by atomic mass is 9.84. The first-order valence-corrected chi connectivity index (χ1v) is 7.98. The van der Waals surface area contributed by atoms with Crippen LogP contribution in [0.1, 0.15) is 44.7 Å². The number of carbonyl (C=O) groups excluding carboxylic acids is 1. The van der Waals surface area contributed by atoms with Crippen LogP contribution < -0.4 is 10.1 Å². The SMILES string of the molecule is CC1(C)Oc2ccc(NC=O)cc2C(N2CCCCC2)C1O. The number of piperidine rings is 1. The summed E-state index contributed by atoms with van der Waals surface area (Å²) in [6.45, 7) is 5.83. The average Bonchev–Trinajstić information content (AvgIpc) is 2.50. The molecule has 1 fully saturated rings. The van der Waals surface area contributed by atoms with E-state index in [-0.39, 0.29) is 6.04 Å². The highest BCUT2D eigenvalue weighted by Crippen LogP contribution is 2.44. The Hall–Kier alpha value is -1.59. The molecule has 1 amide bonds. The average molecular weight is 304 g/mol. The summed E-state index contributed by atoms with van der Waals surface area (Å²) in [4.78, 5) is 13.0. The fourth-order valence-electron chi connectivity index (χ4n) is 3.52. The van der Waals surface area contributed by atoms with Crippen molar-refractivity contribution >= 4 is 12.1 Å². The topological polar surface area (TPSA) is 61.8 Å². The van der Waals surface area contributed by atoms with E-state index in [0.717, 1.165) is 42.9 Å². The minimum absolute atomic E-state index is 0.0903. The van der Waals surface area contributed by atoms with Crippen molar-refractivity contribution in [2.75, 3.05) is 18.4 Å². The van der Waals surface area contributed by atoms with Gasteiger partial charge in [-0.05, 0) is 58.0 Å². The summed E-state index contributed by atoms with van der Waals surface area (Å²) in [5, 5.41) is 13.5. The molecule has 5 nitrogen and oxygen atoms in total. The summed E-state index contributed by atoms with van der Waals surface area (Å²) >= 11 is 0. The summed E-state index contributed by atoms with van der Waals surface area (Å²) in [5.41, 5.74) is 1.06. The number of carbonyl (C=O) groups is 1. The largest absolute Gasteiger partial charge is 0.485 e. The van der Waals surface area contributed by atoms with Gasteiger partial charge in [-0.25, -0.2) is 0 Å². The van der Waals surface area contributed by atoms with E-state index in [0.29, 0.717) is 6.41 Å². The molecule has 0 bridgehead atoms. The second-order valence-corrected chi connectivity index (χ2v) is 6.71. The van der Waals surface area contributed by atoms with E-state index < -0.39 is 11.7 Å². The van der Waals surface area contributed by atoms with Gasteiger partial charge in [-0.1, -0.05) is 6.42 Å². The van der Waals surface area contributed by atoms with Gasteiger partial charge >= 0.3 is 0 Å². The fourth-order valence-corrected chi connectivity index (χ4v) is 3.52. The zero-order chi connectivity index (χ0) is 15.7. The van der Waals surface area contributed by atoms with Gasteiger partial charge < -0.3 is 15.2 Å². The number of aliphatic hydroxyl groups is 1. The number of nitrogens with zero attached hydrogens (tertiary/aromatic N) is 1. The van der Waals surface area contributed by atoms with Crippen LogP contribution in [0.3, 0.4) is 0 Å². The Kier molecular flexibility index (Phi) is 4.10. The third kappa shape index (κ3) is 2.71. The number of anilines is 1. The molecule has 0 aromatic heterocycles. The number of likely N-dealkylation sites (tertiary alicyclic amines) is 1. The monoisotopic (exact) mass is 304 g/mol. The molecule has 2 N–H and O–H groups in total. The Morgan fingerprint density at radius 3 is 2.73 bits per heavy atom. The van der Waals surface area contributed by atoms with Crippen molar-refractivity contribution in [1.29, 1.82) is 0 Å². The minimum atomic E-state index is -0.630. The fraction of sp³-hybridized carbons (Fsp3) is 0.588. The summed E-state index contributed by atoms with van der Waals surface area (Å²) < 4.78 is 5.99. The Labute approximate surface area is 131 Å². The molecule has 2 aliphatic heterocycles. The molecule has 0 saturated carbocycles. The molecule has 0 aliphatic carbocycles. The Morgan fingerprint density at radius 1 is 1.32 bits per heavy atom. The quantitative estimate of drug-likeness (QED) is 0.841. The summed E-state index contributed by atoms with van der Waals surface area (Å²) in [6.07, 6.45) is 3.63. The Balaban J connectivity index is 2.02. The van der Waals surface area contributed by atoms with Crippen molar-refractivity contribution < 1.29 is 14.6 Å². The second kappa shape index (κ2) is 5.89. The highest BCUT2D eigenvalue weighted by atomic mass is 16.5. The Bertz CT molecular complexity index is 553. The molecular formula is C17H24N2O3. The van der Waals surface area contributed by atoms with Crippen LogP contribution in [0.4, 0.5) is 5.69 Å². The van der Waals surface area contributed by atoms with Crippen LogP contribution in [0.25, 0.3) is 0 Å². The molecule has 2 unspecified atom stereocenters. The molecule has 0 radical (unpaired) electrons. The van der Waals surface area contributed by atoms with E-state index in [1.165, 1.54) is 6.42 Å². The van der Waals surface area contributed by atoms with E-state index >= 15 is 0 Å². The van der Waals surface area contributed by atoms with Crippen molar-refractivity contribution in [3.05, 3.63) is 23.8 Å². The molecule has 120 valence electrons. The van der Waals surface area contributed by atoms with E-state index in [9.17, 15) is 9.90 Å². The first-order chi connectivity index (χ1) is 10.5. The molecular weight excluding hydrogens is 280 g/mol. The van der Waals surface area contributed by atoms with Gasteiger partial charge in [-0.3, -0.25) is 9.69 Å². The molecule has 22 heavy (non-hydrogen) atoms. The van der Waals surface area contributed by atoms with E-state index in [2.05, 4.69) is 10.2 Å². The van der Waals surface area contributed by atoms with Crippen LogP contribution in [0.2, 0.25) is 0 Å². The third-order valence-electron chi connectivity index (χ3n) is 4.72. The van der Waals surface area contributed by atoms with E-state index in [4.69, 9.17) is 4.74 Å². The zero-order valence-electron chi connectivity index (χ0n) is 13.2.